The summed E-state index contributed by atoms with van der Waals surface area (Å²) < 4.78 is 16.1. The summed E-state index contributed by atoms with van der Waals surface area (Å²) in [4.78, 5) is 4.35. The molecule has 1 aliphatic carbocycles. The van der Waals surface area contributed by atoms with E-state index in [2.05, 4.69) is 34.6 Å². The van der Waals surface area contributed by atoms with E-state index in [-0.39, 0.29) is 41.3 Å². The van der Waals surface area contributed by atoms with Crippen molar-refractivity contribution in [2.24, 2.45) is 12.0 Å². The van der Waals surface area contributed by atoms with E-state index in [9.17, 15) is 4.39 Å². The number of benzene rings is 1. The molecule has 0 bridgehead atoms. The fourth-order valence-electron chi connectivity index (χ4n) is 3.73. The summed E-state index contributed by atoms with van der Waals surface area (Å²) in [6.07, 6.45) is 2.88. The lowest BCUT2D eigenvalue weighted by Crippen LogP contribution is -2.45. The monoisotopic (exact) mass is 499 g/mol. The van der Waals surface area contributed by atoms with Crippen molar-refractivity contribution in [2.45, 2.75) is 51.5 Å². The quantitative estimate of drug-likeness (QED) is 0.363. The average molecular weight is 499 g/mol. The molecular formula is C21H31FIN5. The highest BCUT2D eigenvalue weighted by Crippen LogP contribution is 2.48. The lowest BCUT2D eigenvalue weighted by atomic mass is 9.95. The minimum Gasteiger partial charge on any atom is -0.356 e. The number of hydrogen-bond acceptors (Lipinski definition) is 2. The summed E-state index contributed by atoms with van der Waals surface area (Å²) >= 11 is 0. The first-order chi connectivity index (χ1) is 12.9. The number of nitrogens with one attached hydrogen (secondary N) is 2. The van der Waals surface area contributed by atoms with E-state index in [1.54, 1.807) is 19.2 Å². The number of guanidine groups is 1. The SMILES string of the molecule is CN=C(NCC1(c2ccccc2F)CC1)NC(C)Cc1c(C)nn(C)c1C.I. The third-order valence-corrected chi connectivity index (χ3v) is 5.67. The lowest BCUT2D eigenvalue weighted by molar-refractivity contribution is 0.555. The average Bonchev–Trinajstić information content (AvgIpc) is 3.39. The highest BCUT2D eigenvalue weighted by atomic mass is 127. The molecule has 154 valence electrons. The van der Waals surface area contributed by atoms with Crippen LogP contribution in [-0.2, 0) is 18.9 Å². The van der Waals surface area contributed by atoms with E-state index in [1.165, 1.54) is 11.3 Å². The largest absolute Gasteiger partial charge is 0.356 e. The summed E-state index contributed by atoms with van der Waals surface area (Å²) in [6.45, 7) is 6.97. The van der Waals surface area contributed by atoms with Crippen molar-refractivity contribution in [3.63, 3.8) is 0 Å². The topological polar surface area (TPSA) is 54.2 Å². The third-order valence-electron chi connectivity index (χ3n) is 5.67. The van der Waals surface area contributed by atoms with Gasteiger partial charge in [-0.25, -0.2) is 4.39 Å². The van der Waals surface area contributed by atoms with Crippen molar-refractivity contribution in [3.05, 3.63) is 52.6 Å². The summed E-state index contributed by atoms with van der Waals surface area (Å²) in [5.74, 6) is 0.639. The van der Waals surface area contributed by atoms with Gasteiger partial charge in [-0.1, -0.05) is 18.2 Å². The summed E-state index contributed by atoms with van der Waals surface area (Å²) in [6, 6.07) is 7.31. The van der Waals surface area contributed by atoms with Crippen LogP contribution in [-0.4, -0.2) is 35.4 Å². The molecule has 5 nitrogen and oxygen atoms in total. The van der Waals surface area contributed by atoms with E-state index in [0.717, 1.165) is 36.5 Å². The molecule has 1 saturated carbocycles. The molecule has 1 heterocycles. The van der Waals surface area contributed by atoms with Crippen molar-refractivity contribution in [2.75, 3.05) is 13.6 Å². The van der Waals surface area contributed by atoms with Crippen LogP contribution in [0.3, 0.4) is 0 Å². The van der Waals surface area contributed by atoms with Gasteiger partial charge in [-0.2, -0.15) is 5.10 Å². The number of aromatic nitrogens is 2. The first-order valence-corrected chi connectivity index (χ1v) is 9.57. The molecule has 0 aliphatic heterocycles. The summed E-state index contributed by atoms with van der Waals surface area (Å²) in [5.41, 5.74) is 4.24. The number of hydrogen-bond donors (Lipinski definition) is 2. The molecule has 1 atom stereocenters. The van der Waals surface area contributed by atoms with Crippen LogP contribution in [0.2, 0.25) is 0 Å². The van der Waals surface area contributed by atoms with Crippen LogP contribution >= 0.6 is 24.0 Å². The molecule has 0 spiro atoms. The number of aryl methyl sites for hydroxylation is 2. The Morgan fingerprint density at radius 2 is 2.00 bits per heavy atom. The first kappa shape index (κ1) is 22.6. The molecule has 1 aromatic heterocycles. The van der Waals surface area contributed by atoms with Crippen molar-refractivity contribution in [1.29, 1.82) is 0 Å². The second-order valence-corrected chi connectivity index (χ2v) is 7.71. The summed E-state index contributed by atoms with van der Waals surface area (Å²) in [7, 11) is 3.74. The van der Waals surface area contributed by atoms with Crippen molar-refractivity contribution in [3.8, 4) is 0 Å². The van der Waals surface area contributed by atoms with Crippen molar-refractivity contribution in [1.82, 2.24) is 20.4 Å². The second kappa shape index (κ2) is 9.24. The molecule has 28 heavy (non-hydrogen) atoms. The van der Waals surface area contributed by atoms with Gasteiger partial charge in [-0.05, 0) is 57.2 Å². The Kier molecular flexibility index (Phi) is 7.47. The molecule has 7 heteroatoms. The molecule has 2 N–H and O–H groups in total. The smallest absolute Gasteiger partial charge is 0.191 e. The Morgan fingerprint density at radius 3 is 2.54 bits per heavy atom. The van der Waals surface area contributed by atoms with Gasteiger partial charge < -0.3 is 10.6 Å². The lowest BCUT2D eigenvalue weighted by Gasteiger charge is -2.22. The number of rotatable bonds is 6. The van der Waals surface area contributed by atoms with E-state index in [1.807, 2.05) is 30.8 Å². The normalized spacial score (nSPS) is 16.3. The Balaban J connectivity index is 0.00000280. The van der Waals surface area contributed by atoms with Gasteiger partial charge in [0.15, 0.2) is 5.96 Å². The van der Waals surface area contributed by atoms with Crippen LogP contribution in [0.25, 0.3) is 0 Å². The number of nitrogens with zero attached hydrogens (tertiary/aromatic N) is 3. The van der Waals surface area contributed by atoms with Gasteiger partial charge in [0.25, 0.3) is 0 Å². The van der Waals surface area contributed by atoms with Gasteiger partial charge in [0, 0.05) is 37.8 Å². The molecule has 1 unspecified atom stereocenters. The fourth-order valence-corrected chi connectivity index (χ4v) is 3.73. The van der Waals surface area contributed by atoms with Crippen LogP contribution < -0.4 is 10.6 Å². The van der Waals surface area contributed by atoms with Crippen molar-refractivity contribution >= 4 is 29.9 Å². The molecule has 1 aromatic carbocycles. The Labute approximate surface area is 184 Å². The zero-order chi connectivity index (χ0) is 19.6. The van der Waals surface area contributed by atoms with Crippen LogP contribution in [0.4, 0.5) is 4.39 Å². The minimum atomic E-state index is -0.115. The fraction of sp³-hybridized carbons (Fsp3) is 0.524. The highest BCUT2D eigenvalue weighted by molar-refractivity contribution is 14.0. The zero-order valence-corrected chi connectivity index (χ0v) is 19.7. The predicted octanol–water partition coefficient (Wildman–Crippen LogP) is 3.62. The van der Waals surface area contributed by atoms with Crippen LogP contribution in [0.15, 0.2) is 29.3 Å². The molecular weight excluding hydrogens is 468 g/mol. The Morgan fingerprint density at radius 1 is 1.32 bits per heavy atom. The number of aliphatic imine (C=N–C) groups is 1. The molecule has 0 saturated heterocycles. The Hall–Kier alpha value is -1.64. The molecule has 2 aromatic rings. The van der Waals surface area contributed by atoms with Crippen LogP contribution in [0, 0.1) is 19.7 Å². The predicted molar refractivity (Wildman–Crippen MR) is 123 cm³/mol. The van der Waals surface area contributed by atoms with E-state index in [0.29, 0.717) is 6.54 Å². The van der Waals surface area contributed by atoms with Crippen LogP contribution in [0.5, 0.6) is 0 Å². The molecule has 1 fully saturated rings. The van der Waals surface area contributed by atoms with E-state index >= 15 is 0 Å². The van der Waals surface area contributed by atoms with Gasteiger partial charge in [-0.15, -0.1) is 24.0 Å². The molecule has 1 aliphatic rings. The van der Waals surface area contributed by atoms with E-state index in [4.69, 9.17) is 0 Å². The van der Waals surface area contributed by atoms with Gasteiger partial charge in [0.2, 0.25) is 0 Å². The third kappa shape index (κ3) is 4.85. The minimum absolute atomic E-state index is 0. The number of halogens is 2. The summed E-state index contributed by atoms with van der Waals surface area (Å²) in [5, 5.41) is 11.3. The maximum absolute atomic E-state index is 14.2. The Bertz CT molecular complexity index is 841. The van der Waals surface area contributed by atoms with Gasteiger partial charge in [0.1, 0.15) is 5.82 Å². The first-order valence-electron chi connectivity index (χ1n) is 9.57. The van der Waals surface area contributed by atoms with Crippen molar-refractivity contribution < 1.29 is 4.39 Å². The molecule has 0 amide bonds. The van der Waals surface area contributed by atoms with Gasteiger partial charge >= 0.3 is 0 Å². The zero-order valence-electron chi connectivity index (χ0n) is 17.3. The molecule has 3 rings (SSSR count). The maximum Gasteiger partial charge on any atom is 0.191 e. The van der Waals surface area contributed by atoms with Crippen LogP contribution in [0.1, 0.15) is 42.3 Å². The van der Waals surface area contributed by atoms with E-state index < -0.39 is 0 Å². The standard InChI is InChI=1S/C21H30FN5.HI/c1-14(12-17-15(2)26-27(5)16(17)3)25-20(23-4)24-13-21(10-11-21)18-8-6-7-9-19(18)22;/h6-9,14H,10-13H2,1-5H3,(H2,23,24,25);1H. The van der Waals surface area contributed by atoms with Gasteiger partial charge in [0.05, 0.1) is 5.69 Å². The highest BCUT2D eigenvalue weighted by Gasteiger charge is 2.45. The maximum atomic E-state index is 14.2. The van der Waals surface area contributed by atoms with Gasteiger partial charge in [-0.3, -0.25) is 9.67 Å². The molecule has 0 radical (unpaired) electrons. The second-order valence-electron chi connectivity index (χ2n) is 7.71.